The Hall–Kier alpha value is -2.02. The number of rotatable bonds is 5. The molecule has 60 heavy (non-hydrogen) atoms. The monoisotopic (exact) mass is 1090 g/mol. The molecule has 4 saturated heterocycles. The first-order valence-corrected chi connectivity index (χ1v) is 20.2. The van der Waals surface area contributed by atoms with Crippen LogP contribution in [0.25, 0.3) is 21.3 Å². The van der Waals surface area contributed by atoms with Gasteiger partial charge >= 0.3 is 45.3 Å². The summed E-state index contributed by atoms with van der Waals surface area (Å²) in [4.78, 5) is 0. The maximum absolute atomic E-state index is 13.5. The minimum Gasteiger partial charge on any atom is 0 e. The van der Waals surface area contributed by atoms with Gasteiger partial charge in [0, 0.05) is 82.4 Å². The van der Waals surface area contributed by atoms with Gasteiger partial charge in [-0.1, -0.05) is 25.7 Å². The smallest absolute Gasteiger partial charge is 0 e. The van der Waals surface area contributed by atoms with Gasteiger partial charge < -0.3 is 30.7 Å². The van der Waals surface area contributed by atoms with Crippen molar-refractivity contribution in [3.8, 4) is 0 Å². The number of hydrogen-bond donors (Lipinski definition) is 0. The molecule has 0 aromatic rings. The number of halogens is 16. The number of allylic oxidation sites excluding steroid dienone is 4. The third-order valence-corrected chi connectivity index (χ3v) is 9.80. The summed E-state index contributed by atoms with van der Waals surface area (Å²) in [6.07, 6.45) is -1.67. The molecule has 8 atom stereocenters. The van der Waals surface area contributed by atoms with Gasteiger partial charge in [0.05, 0.1) is 0 Å². The summed E-state index contributed by atoms with van der Waals surface area (Å²) in [5.41, 5.74) is 5.96. The number of hydrogen-bond acceptors (Lipinski definition) is 2. The molecule has 0 saturated carbocycles. The molecule has 351 valence electrons. The maximum atomic E-state index is 13.5. The Labute approximate surface area is 350 Å². The molecule has 2 aliphatic carbocycles. The van der Waals surface area contributed by atoms with E-state index in [4.69, 9.17) is 9.47 Å². The molecular formula is C36H42F16IrN4O2P-7. The van der Waals surface area contributed by atoms with E-state index >= 15 is 0 Å². The van der Waals surface area contributed by atoms with Crippen LogP contribution >= 0.6 is 7.81 Å². The van der Waals surface area contributed by atoms with Gasteiger partial charge in [-0.2, -0.15) is 38.4 Å². The van der Waals surface area contributed by atoms with Crippen LogP contribution in [-0.2, 0) is 29.6 Å². The Bertz CT molecular complexity index is 1450. The largest absolute Gasteiger partial charge is 0 e. The van der Waals surface area contributed by atoms with Gasteiger partial charge in [-0.25, -0.2) is 0 Å². The standard InChI is InChI=1S/C12H16F6N2.2C12H13F2NO.F6P.Ir/c13-11(14,15)7-1-3-9(19-5-7)10-4-2-8(6-20-10)12(16,17)18;2*1-16-9-3-5-12(15-7-9)10-4-2-8(13)6-11(10)14;1-7(2,3,4,5)6;/h7-10H,1-6H2;2*2,6,9,12H,3,5,7H2,1H3;;/q3*-2;-1;. The van der Waals surface area contributed by atoms with Crippen molar-refractivity contribution >= 4 is 7.81 Å². The van der Waals surface area contributed by atoms with Crippen LogP contribution in [-0.4, -0.2) is 89.1 Å². The van der Waals surface area contributed by atoms with Gasteiger partial charge in [-0.15, -0.1) is 73.7 Å². The Balaban J connectivity index is 0.000000287. The average Bonchev–Trinajstić information content (AvgIpc) is 3.14. The molecule has 24 heteroatoms. The van der Waals surface area contributed by atoms with Crippen molar-refractivity contribution in [2.45, 2.75) is 100 Å². The quantitative estimate of drug-likeness (QED) is 0.119. The van der Waals surface area contributed by atoms with Crippen LogP contribution in [0.5, 0.6) is 0 Å². The van der Waals surface area contributed by atoms with E-state index in [1.165, 1.54) is 0 Å². The van der Waals surface area contributed by atoms with E-state index in [-0.39, 0.29) is 95.3 Å². The van der Waals surface area contributed by atoms with E-state index in [0.29, 0.717) is 24.2 Å². The Kier molecular flexibility index (Phi) is 19.5. The van der Waals surface area contributed by atoms with Crippen molar-refractivity contribution in [3.63, 3.8) is 0 Å². The molecule has 8 unspecified atom stereocenters. The fraction of sp³-hybridized carbons (Fsp3) is 0.667. The summed E-state index contributed by atoms with van der Waals surface area (Å²) in [5, 5.41) is 16.6. The number of piperidine rings is 4. The Morgan fingerprint density at radius 3 is 1.12 bits per heavy atom. The summed E-state index contributed by atoms with van der Waals surface area (Å²) in [6, 6.07) is -1.12. The van der Waals surface area contributed by atoms with Crippen LogP contribution in [0, 0.1) is 24.2 Å². The zero-order valence-electron chi connectivity index (χ0n) is 31.8. The van der Waals surface area contributed by atoms with E-state index in [9.17, 15) is 69.1 Å². The van der Waals surface area contributed by atoms with Gasteiger partial charge in [-0.3, -0.25) is 29.0 Å². The molecule has 1 radical (unpaired) electrons. The third-order valence-electron chi connectivity index (χ3n) is 9.80. The Morgan fingerprint density at radius 1 is 0.567 bits per heavy atom. The van der Waals surface area contributed by atoms with Crippen LogP contribution in [0.4, 0.5) is 69.1 Å². The molecule has 4 aliphatic heterocycles. The molecular weight excluding hydrogens is 1050 g/mol. The summed E-state index contributed by atoms with van der Waals surface area (Å²) in [6.45, 7) is 0.545. The second-order valence-electron chi connectivity index (χ2n) is 14.2. The summed E-state index contributed by atoms with van der Waals surface area (Å²) < 4.78 is 197. The maximum Gasteiger partial charge on any atom is 0 e. The molecule has 0 spiro atoms. The van der Waals surface area contributed by atoms with Crippen LogP contribution < -0.4 is 0 Å². The number of methoxy groups -OCH3 is 2. The molecule has 6 aliphatic rings. The predicted molar refractivity (Wildman–Crippen MR) is 190 cm³/mol. The normalized spacial score (nSPS) is 31.0. The van der Waals surface area contributed by atoms with Crippen LogP contribution in [0.3, 0.4) is 0 Å². The molecule has 4 heterocycles. The van der Waals surface area contributed by atoms with E-state index in [0.717, 1.165) is 50.0 Å². The van der Waals surface area contributed by atoms with Crippen molar-refractivity contribution in [1.29, 1.82) is 0 Å². The molecule has 0 bridgehead atoms. The summed E-state index contributed by atoms with van der Waals surface area (Å²) in [7, 11) is -7.37. The SMILES string of the molecule is COC1CCC(C2=C=CC(F)=C[C-]2F)[N-]C1.COC1CCC(C2=C=CC(F)=C[C-]2F)[N-]C1.FC(F)(F)C1CCC(C2CCC(C(F)(F)F)C[N-]2)[N-]C1.F[P-](F)(F)(F)(F)F.[Ir]. The number of alkyl halides is 6. The first kappa shape index (κ1) is 54.1. The number of nitrogens with zero attached hydrogens (tertiary/aromatic N) is 4. The number of ether oxygens (including phenoxy) is 2. The van der Waals surface area contributed by atoms with E-state index in [1.807, 2.05) is 0 Å². The van der Waals surface area contributed by atoms with Crippen LogP contribution in [0.15, 0.2) is 58.6 Å². The third kappa shape index (κ3) is 20.0. The predicted octanol–water partition coefficient (Wildman–Crippen LogP) is 13.8. The van der Waals surface area contributed by atoms with Crippen molar-refractivity contribution in [2.75, 3.05) is 40.4 Å². The van der Waals surface area contributed by atoms with Crippen molar-refractivity contribution in [2.24, 2.45) is 11.8 Å². The fourth-order valence-corrected chi connectivity index (χ4v) is 6.62. The molecule has 6 rings (SSSR count). The van der Waals surface area contributed by atoms with Crippen molar-refractivity contribution < 1.29 is 98.7 Å². The van der Waals surface area contributed by atoms with Crippen LogP contribution in [0.2, 0.25) is 0 Å². The summed E-state index contributed by atoms with van der Waals surface area (Å²) in [5.74, 6) is -4.03. The molecule has 4 fully saturated rings. The second kappa shape index (κ2) is 21.6. The van der Waals surface area contributed by atoms with E-state index in [2.05, 4.69) is 32.7 Å². The second-order valence-corrected chi connectivity index (χ2v) is 16.2. The van der Waals surface area contributed by atoms with E-state index in [1.54, 1.807) is 14.2 Å². The fourth-order valence-electron chi connectivity index (χ4n) is 6.62. The van der Waals surface area contributed by atoms with Gasteiger partial charge in [0.15, 0.2) is 0 Å². The first-order chi connectivity index (χ1) is 27.0. The topological polar surface area (TPSA) is 74.9 Å². The van der Waals surface area contributed by atoms with Gasteiger partial charge in [0.25, 0.3) is 0 Å². The van der Waals surface area contributed by atoms with Gasteiger partial charge in [0.1, 0.15) is 0 Å². The minimum atomic E-state index is -10.7. The molecule has 0 aromatic heterocycles. The molecule has 0 N–H and O–H groups in total. The zero-order chi connectivity index (χ0) is 44.5. The molecule has 0 aromatic carbocycles. The molecule has 6 nitrogen and oxygen atoms in total. The van der Waals surface area contributed by atoms with Crippen molar-refractivity contribution in [1.82, 2.24) is 0 Å². The van der Waals surface area contributed by atoms with E-state index < -0.39 is 56.0 Å². The average molecular weight is 1090 g/mol. The zero-order valence-corrected chi connectivity index (χ0v) is 35.1. The van der Waals surface area contributed by atoms with Gasteiger partial charge in [0.2, 0.25) is 0 Å². The minimum absolute atomic E-state index is 0. The molecule has 0 amide bonds. The van der Waals surface area contributed by atoms with Crippen molar-refractivity contribution in [3.05, 3.63) is 92.2 Å². The van der Waals surface area contributed by atoms with Gasteiger partial charge in [-0.05, 0) is 25.7 Å². The first-order valence-electron chi connectivity index (χ1n) is 18.2. The Morgan fingerprint density at radius 2 is 0.900 bits per heavy atom. The van der Waals surface area contributed by atoms with Crippen LogP contribution in [0.1, 0.15) is 51.4 Å². The summed E-state index contributed by atoms with van der Waals surface area (Å²) >= 11 is 0.